The van der Waals surface area contributed by atoms with Gasteiger partial charge in [0.2, 0.25) is 0 Å². The van der Waals surface area contributed by atoms with E-state index in [-0.39, 0.29) is 0 Å². The van der Waals surface area contributed by atoms with Gasteiger partial charge in [-0.1, -0.05) is 37.1 Å². The second-order valence-corrected chi connectivity index (χ2v) is 6.20. The number of nitrogens with one attached hydrogen (secondary N) is 1. The number of anilines is 1. The van der Waals surface area contributed by atoms with Crippen LogP contribution in [0, 0.1) is 0 Å². The van der Waals surface area contributed by atoms with Gasteiger partial charge in [-0.25, -0.2) is 0 Å². The summed E-state index contributed by atoms with van der Waals surface area (Å²) in [5.41, 5.74) is 1.37. The first-order chi connectivity index (χ1) is 9.90. The molecule has 0 atom stereocenters. The molecule has 1 saturated heterocycles. The maximum absolute atomic E-state index is 3.31. The Balaban J connectivity index is 1.58. The van der Waals surface area contributed by atoms with Crippen molar-refractivity contribution in [2.75, 3.05) is 49.9 Å². The first-order valence-corrected chi connectivity index (χ1v) is 8.75. The fraction of sp³-hybridized carbons (Fsp3) is 0.625. The van der Waals surface area contributed by atoms with E-state index in [1.165, 1.54) is 43.9 Å². The first-order valence-electron chi connectivity index (χ1n) is 7.77. The normalized spacial score (nSPS) is 16.6. The highest BCUT2D eigenvalue weighted by Gasteiger charge is 2.16. The Morgan fingerprint density at radius 2 is 1.80 bits per heavy atom. The van der Waals surface area contributed by atoms with Gasteiger partial charge in [0.25, 0.3) is 0 Å². The Bertz CT molecular complexity index is 350. The molecule has 0 bridgehead atoms. The van der Waals surface area contributed by atoms with Crippen LogP contribution >= 0.6 is 11.9 Å². The third kappa shape index (κ3) is 5.35. The van der Waals surface area contributed by atoms with Crippen LogP contribution in [0.1, 0.15) is 19.8 Å². The third-order valence-corrected chi connectivity index (χ3v) is 4.70. The molecule has 1 aromatic carbocycles. The summed E-state index contributed by atoms with van der Waals surface area (Å²) in [7, 11) is 0. The lowest BCUT2D eigenvalue weighted by Gasteiger charge is -2.36. The Morgan fingerprint density at radius 3 is 2.50 bits per heavy atom. The minimum Gasteiger partial charge on any atom is -0.369 e. The molecule has 0 radical (unpaired) electrons. The average molecular weight is 293 g/mol. The summed E-state index contributed by atoms with van der Waals surface area (Å²) in [5.74, 6) is 1.23. The molecule has 1 aliphatic rings. The van der Waals surface area contributed by atoms with Crippen molar-refractivity contribution in [2.24, 2.45) is 0 Å². The quantitative estimate of drug-likeness (QED) is 0.586. The number of unbranched alkanes of at least 4 members (excludes halogenated alkanes) is 1. The first kappa shape index (κ1) is 15.7. The smallest absolute Gasteiger partial charge is 0.0367 e. The van der Waals surface area contributed by atoms with E-state index in [0.29, 0.717) is 0 Å². The average Bonchev–Trinajstić information content (AvgIpc) is 2.52. The van der Waals surface area contributed by atoms with Gasteiger partial charge in [-0.3, -0.25) is 9.62 Å². The van der Waals surface area contributed by atoms with Crippen molar-refractivity contribution in [2.45, 2.75) is 19.8 Å². The Labute approximate surface area is 127 Å². The monoisotopic (exact) mass is 293 g/mol. The third-order valence-electron chi connectivity index (χ3n) is 3.71. The standard InChI is InChI=1S/C16H27N3S/c1-2-17-20-15-7-6-10-18-11-13-19(14-12-18)16-8-4-3-5-9-16/h3-5,8-9,17H,2,6-7,10-15H2,1H3. The van der Waals surface area contributed by atoms with Crippen molar-refractivity contribution < 1.29 is 0 Å². The minimum absolute atomic E-state index is 1.06. The molecular weight excluding hydrogens is 266 g/mol. The zero-order valence-corrected chi connectivity index (χ0v) is 13.4. The molecule has 1 N–H and O–H groups in total. The minimum atomic E-state index is 1.06. The van der Waals surface area contributed by atoms with Gasteiger partial charge in [-0.2, -0.15) is 0 Å². The largest absolute Gasteiger partial charge is 0.369 e. The van der Waals surface area contributed by atoms with E-state index in [4.69, 9.17) is 0 Å². The lowest BCUT2D eigenvalue weighted by atomic mass is 10.2. The van der Waals surface area contributed by atoms with E-state index < -0.39 is 0 Å². The molecule has 4 heteroatoms. The van der Waals surface area contributed by atoms with Crippen LogP contribution in [0.4, 0.5) is 5.69 Å². The van der Waals surface area contributed by atoms with Gasteiger partial charge >= 0.3 is 0 Å². The predicted octanol–water partition coefficient (Wildman–Crippen LogP) is 2.85. The highest BCUT2D eigenvalue weighted by atomic mass is 32.2. The number of rotatable bonds is 8. The number of hydrogen-bond donors (Lipinski definition) is 1. The number of nitrogens with zero attached hydrogens (tertiary/aromatic N) is 2. The van der Waals surface area contributed by atoms with Crippen molar-refractivity contribution in [1.29, 1.82) is 0 Å². The maximum atomic E-state index is 3.31. The van der Waals surface area contributed by atoms with Crippen LogP contribution in [0.2, 0.25) is 0 Å². The summed E-state index contributed by atoms with van der Waals surface area (Å²) in [6, 6.07) is 10.8. The van der Waals surface area contributed by atoms with Gasteiger partial charge in [0, 0.05) is 44.2 Å². The molecule has 1 aromatic rings. The van der Waals surface area contributed by atoms with Crippen LogP contribution in [0.25, 0.3) is 0 Å². The van der Waals surface area contributed by atoms with Gasteiger partial charge in [0.05, 0.1) is 0 Å². The molecule has 0 saturated carbocycles. The fourth-order valence-corrected chi connectivity index (χ4v) is 3.25. The van der Waals surface area contributed by atoms with E-state index in [1.807, 2.05) is 11.9 Å². The number of piperazine rings is 1. The fourth-order valence-electron chi connectivity index (χ4n) is 2.55. The molecule has 0 amide bonds. The van der Waals surface area contributed by atoms with Gasteiger partial charge in [0.15, 0.2) is 0 Å². The van der Waals surface area contributed by atoms with E-state index in [1.54, 1.807) is 0 Å². The molecule has 20 heavy (non-hydrogen) atoms. The van der Waals surface area contributed by atoms with Crippen LogP contribution < -0.4 is 9.62 Å². The molecule has 1 fully saturated rings. The summed E-state index contributed by atoms with van der Waals surface area (Å²) < 4.78 is 3.31. The zero-order chi connectivity index (χ0) is 14.0. The summed E-state index contributed by atoms with van der Waals surface area (Å²) >= 11 is 1.86. The maximum Gasteiger partial charge on any atom is 0.0367 e. The van der Waals surface area contributed by atoms with Gasteiger partial charge < -0.3 is 4.90 Å². The summed E-state index contributed by atoms with van der Waals surface area (Å²) in [5, 5.41) is 0. The zero-order valence-electron chi connectivity index (χ0n) is 12.6. The Hall–Kier alpha value is -0.710. The Morgan fingerprint density at radius 1 is 1.05 bits per heavy atom. The molecule has 0 aliphatic carbocycles. The van der Waals surface area contributed by atoms with E-state index >= 15 is 0 Å². The van der Waals surface area contributed by atoms with E-state index in [9.17, 15) is 0 Å². The van der Waals surface area contributed by atoms with E-state index in [0.717, 1.165) is 19.6 Å². The van der Waals surface area contributed by atoms with Crippen LogP contribution in [0.3, 0.4) is 0 Å². The second-order valence-electron chi connectivity index (χ2n) is 5.22. The second kappa shape index (κ2) is 9.27. The summed E-state index contributed by atoms with van der Waals surface area (Å²) in [6.07, 6.45) is 2.64. The van der Waals surface area contributed by atoms with Crippen LogP contribution in [-0.4, -0.2) is 49.9 Å². The number of para-hydroxylation sites is 1. The molecule has 2 rings (SSSR count). The van der Waals surface area contributed by atoms with Crippen LogP contribution in [0.15, 0.2) is 30.3 Å². The lowest BCUT2D eigenvalue weighted by molar-refractivity contribution is 0.254. The molecule has 112 valence electrons. The molecular formula is C16H27N3S. The van der Waals surface area contributed by atoms with Crippen molar-refractivity contribution >= 4 is 17.6 Å². The molecule has 1 aliphatic heterocycles. The highest BCUT2D eigenvalue weighted by Crippen LogP contribution is 2.15. The van der Waals surface area contributed by atoms with Crippen molar-refractivity contribution in [1.82, 2.24) is 9.62 Å². The number of hydrogen-bond acceptors (Lipinski definition) is 4. The SMILES string of the molecule is CCNSCCCCN1CCN(c2ccccc2)CC1. The molecule has 1 heterocycles. The lowest BCUT2D eigenvalue weighted by Crippen LogP contribution is -2.46. The predicted molar refractivity (Wildman–Crippen MR) is 90.5 cm³/mol. The molecule has 0 aromatic heterocycles. The molecule has 0 spiro atoms. The van der Waals surface area contributed by atoms with Gasteiger partial charge in [0.1, 0.15) is 0 Å². The number of benzene rings is 1. The van der Waals surface area contributed by atoms with Crippen LogP contribution in [0.5, 0.6) is 0 Å². The topological polar surface area (TPSA) is 18.5 Å². The summed E-state index contributed by atoms with van der Waals surface area (Å²) in [6.45, 7) is 9.21. The van der Waals surface area contributed by atoms with Crippen LogP contribution in [-0.2, 0) is 0 Å². The molecule has 3 nitrogen and oxygen atoms in total. The van der Waals surface area contributed by atoms with Crippen molar-refractivity contribution in [3.8, 4) is 0 Å². The highest BCUT2D eigenvalue weighted by molar-refractivity contribution is 7.97. The van der Waals surface area contributed by atoms with Gasteiger partial charge in [-0.05, 0) is 31.5 Å². The summed E-state index contributed by atoms with van der Waals surface area (Å²) in [4.78, 5) is 5.11. The van der Waals surface area contributed by atoms with E-state index in [2.05, 4.69) is 51.8 Å². The molecule has 0 unspecified atom stereocenters. The Kier molecular flexibility index (Phi) is 7.26. The van der Waals surface area contributed by atoms with Crippen molar-refractivity contribution in [3.63, 3.8) is 0 Å². The van der Waals surface area contributed by atoms with Gasteiger partial charge in [-0.15, -0.1) is 0 Å². The van der Waals surface area contributed by atoms with Crippen molar-refractivity contribution in [3.05, 3.63) is 30.3 Å².